The van der Waals surface area contributed by atoms with Crippen LogP contribution in [-0.4, -0.2) is 21.6 Å². The normalized spacial score (nSPS) is 10.7. The van der Waals surface area contributed by atoms with Gasteiger partial charge in [-0.2, -0.15) is 0 Å². The lowest BCUT2D eigenvalue weighted by molar-refractivity contribution is 0.102. The number of nitrogens with one attached hydrogen (secondary N) is 3. The molecule has 0 unspecified atom stereocenters. The fourth-order valence-electron chi connectivity index (χ4n) is 2.95. The molecule has 0 bridgehead atoms. The van der Waals surface area contributed by atoms with Gasteiger partial charge in [0, 0.05) is 23.8 Å². The third-order valence-electron chi connectivity index (χ3n) is 4.63. The lowest BCUT2D eigenvalue weighted by atomic mass is 10.0. The molecule has 2 heterocycles. The summed E-state index contributed by atoms with van der Waals surface area (Å²) in [5, 5.41) is 14.3. The van der Waals surface area contributed by atoms with Crippen LogP contribution in [0.4, 0.5) is 11.5 Å². The predicted octanol–water partition coefficient (Wildman–Crippen LogP) is 5.51. The molecule has 0 radical (unpaired) electrons. The van der Waals surface area contributed by atoms with Crippen LogP contribution in [-0.2, 0) is 6.54 Å². The van der Waals surface area contributed by atoms with Crippen LogP contribution in [0.5, 0.6) is 0 Å². The Labute approximate surface area is 181 Å². The van der Waals surface area contributed by atoms with Gasteiger partial charge < -0.3 is 16.0 Å². The molecular weight excluding hydrogens is 398 g/mol. The van der Waals surface area contributed by atoms with E-state index in [0.717, 1.165) is 5.69 Å². The minimum atomic E-state index is -0.372. The summed E-state index contributed by atoms with van der Waals surface area (Å²) >= 11 is 6.52. The molecule has 3 N–H and O–H groups in total. The lowest BCUT2D eigenvalue weighted by Gasteiger charge is -2.15. The van der Waals surface area contributed by atoms with Crippen LogP contribution in [0, 0.1) is 5.41 Å². The van der Waals surface area contributed by atoms with Crippen molar-refractivity contribution in [3.05, 3.63) is 82.3 Å². The average Bonchev–Trinajstić information content (AvgIpc) is 2.73. The molecule has 0 fully saturated rings. The molecule has 0 aliphatic rings. The molecule has 30 heavy (non-hydrogen) atoms. The van der Waals surface area contributed by atoms with E-state index in [-0.39, 0.29) is 22.2 Å². The van der Waals surface area contributed by atoms with E-state index >= 15 is 0 Å². The second-order valence-electron chi connectivity index (χ2n) is 7.24. The minimum Gasteiger partial charge on any atom is -0.364 e. The summed E-state index contributed by atoms with van der Waals surface area (Å²) < 4.78 is 0. The van der Waals surface area contributed by atoms with Crippen LogP contribution < -0.4 is 10.6 Å². The van der Waals surface area contributed by atoms with Gasteiger partial charge in [0.25, 0.3) is 5.91 Å². The van der Waals surface area contributed by atoms with Crippen LogP contribution in [0.3, 0.4) is 0 Å². The van der Waals surface area contributed by atoms with Crippen molar-refractivity contribution in [1.82, 2.24) is 9.97 Å². The van der Waals surface area contributed by atoms with Crippen LogP contribution in [0.15, 0.2) is 54.9 Å². The number of carbonyl (C=O) groups excluding carboxylic acids is 1. The molecule has 7 heteroatoms. The maximum atomic E-state index is 12.8. The van der Waals surface area contributed by atoms with E-state index in [1.807, 2.05) is 42.5 Å². The summed E-state index contributed by atoms with van der Waals surface area (Å²) in [4.78, 5) is 21.4. The first-order valence-corrected chi connectivity index (χ1v) is 10.0. The third-order valence-corrected chi connectivity index (χ3v) is 5.03. The predicted molar refractivity (Wildman–Crippen MR) is 122 cm³/mol. The van der Waals surface area contributed by atoms with Crippen molar-refractivity contribution in [1.29, 1.82) is 5.41 Å². The van der Waals surface area contributed by atoms with Crippen molar-refractivity contribution >= 4 is 34.7 Å². The topological polar surface area (TPSA) is 90.8 Å². The van der Waals surface area contributed by atoms with Gasteiger partial charge in [-0.25, -0.2) is 4.98 Å². The number of hydrogen-bond donors (Lipinski definition) is 3. The van der Waals surface area contributed by atoms with Gasteiger partial charge in [-0.1, -0.05) is 43.6 Å². The van der Waals surface area contributed by atoms with Crippen molar-refractivity contribution in [2.24, 2.45) is 0 Å². The Bertz CT molecular complexity index is 1050. The molecule has 0 atom stereocenters. The Kier molecular flexibility index (Phi) is 6.79. The molecule has 154 valence electrons. The first-order chi connectivity index (χ1) is 14.4. The van der Waals surface area contributed by atoms with E-state index in [1.54, 1.807) is 13.1 Å². The number of halogens is 1. The smallest absolute Gasteiger partial charge is 0.258 e. The van der Waals surface area contributed by atoms with E-state index in [9.17, 15) is 4.79 Å². The van der Waals surface area contributed by atoms with E-state index in [1.165, 1.54) is 11.8 Å². The largest absolute Gasteiger partial charge is 0.364 e. The molecule has 1 aromatic carbocycles. The van der Waals surface area contributed by atoms with Gasteiger partial charge >= 0.3 is 0 Å². The summed E-state index contributed by atoms with van der Waals surface area (Å²) in [6, 6.07) is 13.3. The number of amides is 1. The van der Waals surface area contributed by atoms with Gasteiger partial charge in [-0.05, 0) is 42.7 Å². The molecule has 1 amide bonds. The van der Waals surface area contributed by atoms with Crippen molar-refractivity contribution < 1.29 is 4.79 Å². The molecule has 0 aliphatic heterocycles. The monoisotopic (exact) mass is 421 g/mol. The van der Waals surface area contributed by atoms with Gasteiger partial charge in [0.15, 0.2) is 0 Å². The summed E-state index contributed by atoms with van der Waals surface area (Å²) in [6.07, 6.45) is 3.13. The van der Waals surface area contributed by atoms with Gasteiger partial charge in [0.2, 0.25) is 0 Å². The van der Waals surface area contributed by atoms with E-state index in [2.05, 4.69) is 34.4 Å². The number of benzene rings is 1. The van der Waals surface area contributed by atoms with Gasteiger partial charge in [-0.3, -0.25) is 9.78 Å². The SMILES string of the molecule is CC(=N)c1c(NCc2ccccn2)ncc(C(=O)Nc2ccc(C(C)C)cc2)c1Cl. The number of rotatable bonds is 7. The van der Waals surface area contributed by atoms with Gasteiger partial charge in [0.05, 0.1) is 28.4 Å². The number of hydrogen-bond acceptors (Lipinski definition) is 5. The van der Waals surface area contributed by atoms with E-state index in [4.69, 9.17) is 17.0 Å². The summed E-state index contributed by atoms with van der Waals surface area (Å²) in [7, 11) is 0. The number of anilines is 2. The zero-order valence-corrected chi connectivity index (χ0v) is 17.9. The first-order valence-electron chi connectivity index (χ1n) is 9.66. The first kappa shape index (κ1) is 21.5. The molecule has 2 aromatic heterocycles. The zero-order chi connectivity index (χ0) is 21.7. The average molecular weight is 422 g/mol. The highest BCUT2D eigenvalue weighted by atomic mass is 35.5. The van der Waals surface area contributed by atoms with Gasteiger partial charge in [-0.15, -0.1) is 0 Å². The molecule has 3 aromatic rings. The Morgan fingerprint density at radius 1 is 1.13 bits per heavy atom. The maximum absolute atomic E-state index is 12.8. The summed E-state index contributed by atoms with van der Waals surface area (Å²) in [5.41, 5.74) is 3.52. The molecular formula is C23H24ClN5O. The van der Waals surface area contributed by atoms with Gasteiger partial charge in [0.1, 0.15) is 5.82 Å². The zero-order valence-electron chi connectivity index (χ0n) is 17.2. The highest BCUT2D eigenvalue weighted by molar-refractivity contribution is 6.38. The molecule has 6 nitrogen and oxygen atoms in total. The fourth-order valence-corrected chi connectivity index (χ4v) is 3.32. The lowest BCUT2D eigenvalue weighted by Crippen LogP contribution is -2.16. The number of nitrogens with zero attached hydrogens (tertiary/aromatic N) is 2. The van der Waals surface area contributed by atoms with Crippen molar-refractivity contribution in [2.75, 3.05) is 10.6 Å². The van der Waals surface area contributed by atoms with E-state index in [0.29, 0.717) is 29.5 Å². The molecule has 0 aliphatic carbocycles. The molecule has 0 spiro atoms. The van der Waals surface area contributed by atoms with Crippen molar-refractivity contribution in [3.63, 3.8) is 0 Å². The Morgan fingerprint density at radius 3 is 2.47 bits per heavy atom. The minimum absolute atomic E-state index is 0.192. The molecule has 3 rings (SSSR count). The van der Waals surface area contributed by atoms with Crippen LogP contribution >= 0.6 is 11.6 Å². The highest BCUT2D eigenvalue weighted by Crippen LogP contribution is 2.28. The van der Waals surface area contributed by atoms with Crippen LogP contribution in [0.2, 0.25) is 5.02 Å². The third kappa shape index (κ3) is 5.02. The van der Waals surface area contributed by atoms with Crippen molar-refractivity contribution in [2.45, 2.75) is 33.2 Å². The fraction of sp³-hybridized carbons (Fsp3) is 0.217. The highest BCUT2D eigenvalue weighted by Gasteiger charge is 2.20. The summed E-state index contributed by atoms with van der Waals surface area (Å²) in [5.74, 6) is 0.484. The van der Waals surface area contributed by atoms with E-state index < -0.39 is 0 Å². The standard InChI is InChI=1S/C23H24ClN5O/c1-14(2)16-7-9-17(10-8-16)29-23(30)19-13-28-22(20(15(3)25)21(19)24)27-12-18-6-4-5-11-26-18/h4-11,13-14,25H,12H2,1-3H3,(H,27,28)(H,29,30). The quantitative estimate of drug-likeness (QED) is 0.439. The molecule has 0 saturated carbocycles. The van der Waals surface area contributed by atoms with Crippen molar-refractivity contribution in [3.8, 4) is 0 Å². The summed E-state index contributed by atoms with van der Waals surface area (Å²) in [6.45, 7) is 6.27. The Balaban J connectivity index is 1.82. The van der Waals surface area contributed by atoms with Crippen LogP contribution in [0.1, 0.15) is 53.9 Å². The Hall–Kier alpha value is -3.25. The second kappa shape index (κ2) is 9.50. The second-order valence-corrected chi connectivity index (χ2v) is 7.62. The Morgan fingerprint density at radius 2 is 1.87 bits per heavy atom. The van der Waals surface area contributed by atoms with Crippen LogP contribution in [0.25, 0.3) is 0 Å². The number of aromatic nitrogens is 2. The number of pyridine rings is 2. The number of carbonyl (C=O) groups is 1. The maximum Gasteiger partial charge on any atom is 0.258 e. The molecule has 0 saturated heterocycles.